The third kappa shape index (κ3) is 3.35. The third-order valence-corrected chi connectivity index (χ3v) is 5.84. The molecule has 0 spiro atoms. The molecule has 2 N–H and O–H groups in total. The van der Waals surface area contributed by atoms with Crippen LogP contribution >= 0.6 is 0 Å². The van der Waals surface area contributed by atoms with E-state index in [1.54, 1.807) is 13.2 Å². The Bertz CT molecular complexity index is 964. The molecule has 3 heterocycles. The van der Waals surface area contributed by atoms with E-state index >= 15 is 0 Å². The highest BCUT2D eigenvalue weighted by molar-refractivity contribution is 5.87. The largest absolute Gasteiger partial charge is 0.464 e. The zero-order chi connectivity index (χ0) is 21.3. The van der Waals surface area contributed by atoms with Crippen LogP contribution in [0.15, 0.2) is 18.1 Å². The SMILES string of the molecule is CC[C@@H]1c2nnc(C)n2-c2cnc(N/C=C(\NC)C(=O)OC)nc2N1C1CCCC1. The maximum atomic E-state index is 11.8. The van der Waals surface area contributed by atoms with Gasteiger partial charge >= 0.3 is 5.97 Å². The number of rotatable bonds is 6. The number of fused-ring (bicyclic) bond motifs is 3. The Hall–Kier alpha value is -3.17. The number of carbonyl (C=O) groups excluding carboxylic acids is 1. The summed E-state index contributed by atoms with van der Waals surface area (Å²) in [6, 6.07) is 0.531. The Kier molecular flexibility index (Phi) is 5.56. The van der Waals surface area contributed by atoms with E-state index < -0.39 is 5.97 Å². The van der Waals surface area contributed by atoms with Crippen LogP contribution in [-0.2, 0) is 9.53 Å². The van der Waals surface area contributed by atoms with Crippen molar-refractivity contribution in [1.29, 1.82) is 0 Å². The average Bonchev–Trinajstić information content (AvgIpc) is 3.43. The predicted octanol–water partition coefficient (Wildman–Crippen LogP) is 2.23. The van der Waals surface area contributed by atoms with Crippen molar-refractivity contribution in [2.75, 3.05) is 24.4 Å². The van der Waals surface area contributed by atoms with E-state index in [1.807, 2.05) is 6.92 Å². The van der Waals surface area contributed by atoms with Crippen molar-refractivity contribution < 1.29 is 9.53 Å². The molecule has 1 aliphatic carbocycles. The normalized spacial score (nSPS) is 18.7. The van der Waals surface area contributed by atoms with Gasteiger partial charge in [0.1, 0.15) is 17.2 Å². The molecular formula is C20H28N8O2. The first kappa shape index (κ1) is 20.1. The molecule has 0 bridgehead atoms. The average molecular weight is 412 g/mol. The zero-order valence-electron chi connectivity index (χ0n) is 17.8. The van der Waals surface area contributed by atoms with Gasteiger partial charge in [-0.2, -0.15) is 4.98 Å². The minimum absolute atomic E-state index is 0.114. The van der Waals surface area contributed by atoms with Crippen LogP contribution in [-0.4, -0.2) is 50.9 Å². The molecular weight excluding hydrogens is 384 g/mol. The molecule has 4 rings (SSSR count). The Morgan fingerprint density at radius 1 is 1.33 bits per heavy atom. The summed E-state index contributed by atoms with van der Waals surface area (Å²) in [4.78, 5) is 23.5. The molecule has 0 aromatic carbocycles. The molecule has 1 fully saturated rings. The fourth-order valence-electron chi connectivity index (χ4n) is 4.42. The molecule has 2 aliphatic rings. The quantitative estimate of drug-likeness (QED) is 0.545. The number of carbonyl (C=O) groups is 1. The predicted molar refractivity (Wildman–Crippen MR) is 112 cm³/mol. The number of aromatic nitrogens is 5. The summed E-state index contributed by atoms with van der Waals surface area (Å²) in [6.07, 6.45) is 8.95. The summed E-state index contributed by atoms with van der Waals surface area (Å²) in [7, 11) is 2.99. The van der Waals surface area contributed by atoms with E-state index in [9.17, 15) is 4.79 Å². The number of esters is 1. The number of anilines is 2. The molecule has 30 heavy (non-hydrogen) atoms. The van der Waals surface area contributed by atoms with Crippen LogP contribution in [0.2, 0.25) is 0 Å². The van der Waals surface area contributed by atoms with Gasteiger partial charge in [0, 0.05) is 19.3 Å². The van der Waals surface area contributed by atoms with Gasteiger partial charge < -0.3 is 20.3 Å². The number of nitrogens with zero attached hydrogens (tertiary/aromatic N) is 6. The van der Waals surface area contributed by atoms with E-state index in [0.717, 1.165) is 42.4 Å². The maximum Gasteiger partial charge on any atom is 0.355 e. The van der Waals surface area contributed by atoms with Crippen LogP contribution in [0.5, 0.6) is 0 Å². The highest BCUT2D eigenvalue weighted by Crippen LogP contribution is 2.43. The number of ether oxygens (including phenoxy) is 1. The second kappa shape index (κ2) is 8.29. The van der Waals surface area contributed by atoms with Crippen molar-refractivity contribution in [3.63, 3.8) is 0 Å². The van der Waals surface area contributed by atoms with Gasteiger partial charge in [-0.3, -0.25) is 4.57 Å². The standard InChI is InChI=1S/C20H28N8O2/c1-5-15-18-26-25-12(2)27(18)16-11-23-20(22-10-14(21-3)19(29)30-4)24-17(16)28(15)13-8-6-7-9-13/h10-11,13,15,21H,5-9H2,1-4H3,(H,22,23,24)/b14-10-/t15-/m1/s1. The van der Waals surface area contributed by atoms with Gasteiger partial charge in [0.05, 0.1) is 19.3 Å². The summed E-state index contributed by atoms with van der Waals surface area (Å²) < 4.78 is 6.82. The van der Waals surface area contributed by atoms with Gasteiger partial charge in [-0.1, -0.05) is 19.8 Å². The summed E-state index contributed by atoms with van der Waals surface area (Å²) in [5.74, 6) is 2.59. The number of nitrogens with one attached hydrogen (secondary N) is 2. The number of methoxy groups -OCH3 is 1. The Labute approximate surface area is 175 Å². The number of likely N-dealkylation sites (N-methyl/N-ethyl adjacent to an activating group) is 1. The van der Waals surface area contributed by atoms with Gasteiger partial charge in [0.2, 0.25) is 5.95 Å². The first-order valence-corrected chi connectivity index (χ1v) is 10.4. The Morgan fingerprint density at radius 2 is 2.10 bits per heavy atom. The summed E-state index contributed by atoms with van der Waals surface area (Å²) in [5.41, 5.74) is 1.18. The molecule has 10 nitrogen and oxygen atoms in total. The Balaban J connectivity index is 1.77. The molecule has 0 saturated heterocycles. The fourth-order valence-corrected chi connectivity index (χ4v) is 4.42. The van der Waals surface area contributed by atoms with E-state index in [-0.39, 0.29) is 11.7 Å². The van der Waals surface area contributed by atoms with Crippen LogP contribution in [0, 0.1) is 6.92 Å². The molecule has 1 aliphatic heterocycles. The lowest BCUT2D eigenvalue weighted by molar-refractivity contribution is -0.136. The summed E-state index contributed by atoms with van der Waals surface area (Å²) in [5, 5.41) is 14.6. The smallest absolute Gasteiger partial charge is 0.355 e. The van der Waals surface area contributed by atoms with Gasteiger partial charge in [-0.15, -0.1) is 10.2 Å². The van der Waals surface area contributed by atoms with Gasteiger partial charge in [0.25, 0.3) is 0 Å². The van der Waals surface area contributed by atoms with E-state index in [2.05, 4.69) is 42.2 Å². The lowest BCUT2D eigenvalue weighted by Gasteiger charge is -2.41. The van der Waals surface area contributed by atoms with Crippen molar-refractivity contribution in [1.82, 2.24) is 30.0 Å². The molecule has 160 valence electrons. The molecule has 2 aromatic rings. The topological polar surface area (TPSA) is 110 Å². The van der Waals surface area contributed by atoms with Crippen LogP contribution in [0.25, 0.3) is 5.69 Å². The van der Waals surface area contributed by atoms with Crippen LogP contribution in [0.3, 0.4) is 0 Å². The second-order valence-electron chi connectivity index (χ2n) is 7.56. The minimum Gasteiger partial charge on any atom is -0.464 e. The first-order chi connectivity index (χ1) is 14.6. The molecule has 0 radical (unpaired) electrons. The lowest BCUT2D eigenvalue weighted by Crippen LogP contribution is -2.42. The molecule has 0 amide bonds. The van der Waals surface area contributed by atoms with E-state index in [0.29, 0.717) is 12.0 Å². The molecule has 2 aromatic heterocycles. The maximum absolute atomic E-state index is 11.8. The van der Waals surface area contributed by atoms with Crippen molar-refractivity contribution in [3.05, 3.63) is 29.7 Å². The van der Waals surface area contributed by atoms with Crippen molar-refractivity contribution in [2.24, 2.45) is 0 Å². The molecule has 1 saturated carbocycles. The van der Waals surface area contributed by atoms with Gasteiger partial charge in [-0.05, 0) is 26.2 Å². The van der Waals surface area contributed by atoms with Crippen molar-refractivity contribution in [2.45, 2.75) is 58.0 Å². The summed E-state index contributed by atoms with van der Waals surface area (Å²) >= 11 is 0. The fraction of sp³-hybridized carbons (Fsp3) is 0.550. The number of hydrogen-bond acceptors (Lipinski definition) is 9. The summed E-state index contributed by atoms with van der Waals surface area (Å²) in [6.45, 7) is 4.12. The number of hydrogen-bond donors (Lipinski definition) is 2. The molecule has 10 heteroatoms. The molecule has 0 unspecified atom stereocenters. The highest BCUT2D eigenvalue weighted by atomic mass is 16.5. The highest BCUT2D eigenvalue weighted by Gasteiger charge is 2.39. The van der Waals surface area contributed by atoms with Gasteiger partial charge in [0.15, 0.2) is 11.6 Å². The van der Waals surface area contributed by atoms with E-state index in [1.165, 1.54) is 26.2 Å². The Morgan fingerprint density at radius 3 is 2.77 bits per heavy atom. The van der Waals surface area contributed by atoms with Crippen LogP contribution < -0.4 is 15.5 Å². The zero-order valence-corrected chi connectivity index (χ0v) is 17.8. The van der Waals surface area contributed by atoms with Crippen LogP contribution in [0.1, 0.15) is 56.7 Å². The third-order valence-electron chi connectivity index (χ3n) is 5.84. The monoisotopic (exact) mass is 412 g/mol. The second-order valence-corrected chi connectivity index (χ2v) is 7.56. The lowest BCUT2D eigenvalue weighted by atomic mass is 10.0. The minimum atomic E-state index is -0.466. The van der Waals surface area contributed by atoms with Crippen molar-refractivity contribution >= 4 is 17.7 Å². The number of aryl methyl sites for hydroxylation is 1. The van der Waals surface area contributed by atoms with Crippen LogP contribution in [0.4, 0.5) is 11.8 Å². The van der Waals surface area contributed by atoms with E-state index in [4.69, 9.17) is 9.72 Å². The first-order valence-electron chi connectivity index (χ1n) is 10.4. The van der Waals surface area contributed by atoms with Crippen molar-refractivity contribution in [3.8, 4) is 5.69 Å². The molecule has 1 atom stereocenters. The van der Waals surface area contributed by atoms with Gasteiger partial charge in [-0.25, -0.2) is 9.78 Å².